The Morgan fingerprint density at radius 3 is 2.23 bits per heavy atom. The van der Waals surface area contributed by atoms with Crippen LogP contribution in [0.4, 0.5) is 10.1 Å². The number of aryl methyl sites for hydroxylation is 3. The quantitative estimate of drug-likeness (QED) is 0.188. The molecular weight excluding hydrogens is 527 g/mol. The Morgan fingerprint density at radius 2 is 1.60 bits per heavy atom. The lowest BCUT2D eigenvalue weighted by Crippen LogP contribution is -2.42. The van der Waals surface area contributed by atoms with Gasteiger partial charge in [-0.25, -0.2) is 14.4 Å². The fourth-order valence-electron chi connectivity index (χ4n) is 4.26. The SMILES string of the molecule is COc1ccc(NC(=O)[C@@H](c2ccc(F)cc2)N(Cc2ccccc2C)C(=O)CSc2nc(C)cc(C)n2)cc1. The largest absolute Gasteiger partial charge is 0.497 e. The van der Waals surface area contributed by atoms with Crippen LogP contribution in [0, 0.1) is 26.6 Å². The van der Waals surface area contributed by atoms with Crippen molar-refractivity contribution in [3.8, 4) is 5.75 Å². The molecule has 1 heterocycles. The van der Waals surface area contributed by atoms with Crippen LogP contribution in [0.15, 0.2) is 84.0 Å². The summed E-state index contributed by atoms with van der Waals surface area (Å²) in [6.07, 6.45) is 0. The Balaban J connectivity index is 1.70. The first-order valence-electron chi connectivity index (χ1n) is 12.7. The zero-order valence-electron chi connectivity index (χ0n) is 22.8. The standard InChI is InChI=1S/C31H31FN4O3S/c1-20-7-5-6-8-24(20)18-36(28(37)19-40-31-33-21(2)17-22(3)34-31)29(23-9-11-25(32)12-10-23)30(38)35-26-13-15-27(39-4)16-14-26/h5-17,29H,18-19H2,1-4H3,(H,35,38)/t29-/m1/s1. The molecule has 1 N–H and O–H groups in total. The summed E-state index contributed by atoms with van der Waals surface area (Å²) < 4.78 is 19.1. The summed E-state index contributed by atoms with van der Waals surface area (Å²) in [5.74, 6) is -0.476. The topological polar surface area (TPSA) is 84.4 Å². The van der Waals surface area contributed by atoms with Crippen molar-refractivity contribution in [1.82, 2.24) is 14.9 Å². The van der Waals surface area contributed by atoms with E-state index in [-0.39, 0.29) is 18.2 Å². The molecule has 0 fully saturated rings. The molecule has 0 spiro atoms. The number of carbonyl (C=O) groups is 2. The van der Waals surface area contributed by atoms with Crippen LogP contribution in [-0.2, 0) is 16.1 Å². The Labute approximate surface area is 237 Å². The number of amides is 2. The average Bonchev–Trinajstić information content (AvgIpc) is 2.93. The van der Waals surface area contributed by atoms with Crippen molar-refractivity contribution in [3.05, 3.63) is 113 Å². The maximum absolute atomic E-state index is 13.9. The summed E-state index contributed by atoms with van der Waals surface area (Å²) in [4.78, 5) is 38.2. The van der Waals surface area contributed by atoms with Crippen molar-refractivity contribution < 1.29 is 18.7 Å². The third kappa shape index (κ3) is 7.45. The van der Waals surface area contributed by atoms with Gasteiger partial charge in [-0.15, -0.1) is 0 Å². The molecular formula is C31H31FN4O3S. The first kappa shape index (κ1) is 28.8. The van der Waals surface area contributed by atoms with Gasteiger partial charge in [-0.1, -0.05) is 48.2 Å². The average molecular weight is 559 g/mol. The van der Waals surface area contributed by atoms with Gasteiger partial charge in [-0.2, -0.15) is 0 Å². The molecule has 0 aliphatic rings. The fourth-order valence-corrected chi connectivity index (χ4v) is 5.10. The van der Waals surface area contributed by atoms with Crippen molar-refractivity contribution in [2.24, 2.45) is 0 Å². The molecule has 40 heavy (non-hydrogen) atoms. The third-order valence-electron chi connectivity index (χ3n) is 6.31. The minimum absolute atomic E-state index is 0.0162. The highest BCUT2D eigenvalue weighted by Crippen LogP contribution is 2.28. The molecule has 0 bridgehead atoms. The number of benzene rings is 3. The molecule has 4 aromatic rings. The van der Waals surface area contributed by atoms with E-state index in [9.17, 15) is 14.0 Å². The zero-order valence-corrected chi connectivity index (χ0v) is 23.7. The van der Waals surface area contributed by atoms with Gasteiger partial charge in [0.1, 0.15) is 17.6 Å². The maximum Gasteiger partial charge on any atom is 0.251 e. The number of ether oxygens (including phenoxy) is 1. The Hall–Kier alpha value is -4.24. The third-order valence-corrected chi connectivity index (χ3v) is 7.14. The molecule has 4 rings (SSSR count). The van der Waals surface area contributed by atoms with E-state index in [2.05, 4.69) is 15.3 Å². The first-order chi connectivity index (χ1) is 19.2. The summed E-state index contributed by atoms with van der Waals surface area (Å²) in [5.41, 5.74) is 4.53. The summed E-state index contributed by atoms with van der Waals surface area (Å²) >= 11 is 1.22. The smallest absolute Gasteiger partial charge is 0.251 e. The molecule has 206 valence electrons. The molecule has 0 radical (unpaired) electrons. The number of methoxy groups -OCH3 is 1. The number of nitrogens with one attached hydrogen (secondary N) is 1. The Kier molecular flexibility index (Phi) is 9.50. The molecule has 2 amide bonds. The van der Waals surface area contributed by atoms with Gasteiger partial charge >= 0.3 is 0 Å². The molecule has 1 aromatic heterocycles. The highest BCUT2D eigenvalue weighted by molar-refractivity contribution is 7.99. The molecule has 0 aliphatic heterocycles. The van der Waals surface area contributed by atoms with E-state index in [1.165, 1.54) is 40.9 Å². The molecule has 9 heteroatoms. The summed E-state index contributed by atoms with van der Waals surface area (Å²) in [5, 5.41) is 3.41. The minimum atomic E-state index is -1.03. The lowest BCUT2D eigenvalue weighted by molar-refractivity contribution is -0.137. The van der Waals surface area contributed by atoms with E-state index in [1.807, 2.05) is 51.1 Å². The van der Waals surface area contributed by atoms with Crippen LogP contribution in [0.3, 0.4) is 0 Å². The van der Waals surface area contributed by atoms with Crippen LogP contribution in [-0.4, -0.2) is 39.5 Å². The number of carbonyl (C=O) groups excluding carboxylic acids is 2. The normalized spacial score (nSPS) is 11.5. The molecule has 1 atom stereocenters. The van der Waals surface area contributed by atoms with E-state index in [0.717, 1.165) is 22.5 Å². The fraction of sp³-hybridized carbons (Fsp3) is 0.226. The highest BCUT2D eigenvalue weighted by Gasteiger charge is 2.32. The number of hydrogen-bond donors (Lipinski definition) is 1. The number of thioether (sulfide) groups is 1. The van der Waals surface area contributed by atoms with Crippen LogP contribution >= 0.6 is 11.8 Å². The summed E-state index contributed by atoms with van der Waals surface area (Å²) in [7, 11) is 1.56. The molecule has 3 aromatic carbocycles. The van der Waals surface area contributed by atoms with Gasteiger partial charge in [0.05, 0.1) is 12.9 Å². The van der Waals surface area contributed by atoms with Crippen molar-refractivity contribution in [2.45, 2.75) is 38.5 Å². The van der Waals surface area contributed by atoms with E-state index < -0.39 is 17.8 Å². The highest BCUT2D eigenvalue weighted by atomic mass is 32.2. The number of aromatic nitrogens is 2. The van der Waals surface area contributed by atoms with Crippen LogP contribution < -0.4 is 10.1 Å². The second-order valence-corrected chi connectivity index (χ2v) is 10.3. The van der Waals surface area contributed by atoms with Crippen molar-refractivity contribution in [3.63, 3.8) is 0 Å². The number of halogens is 1. The van der Waals surface area contributed by atoms with E-state index >= 15 is 0 Å². The summed E-state index contributed by atoms with van der Waals surface area (Å²) in [6.45, 7) is 5.89. The van der Waals surface area contributed by atoms with Crippen LogP contribution in [0.5, 0.6) is 5.75 Å². The molecule has 0 saturated heterocycles. The first-order valence-corrected chi connectivity index (χ1v) is 13.7. The Morgan fingerprint density at radius 1 is 0.950 bits per heavy atom. The lowest BCUT2D eigenvalue weighted by atomic mass is 10.0. The molecule has 0 unspecified atom stereocenters. The number of nitrogens with zero attached hydrogens (tertiary/aromatic N) is 3. The van der Waals surface area contributed by atoms with Crippen LogP contribution in [0.25, 0.3) is 0 Å². The maximum atomic E-state index is 13.9. The van der Waals surface area contributed by atoms with Gasteiger partial charge in [0.2, 0.25) is 5.91 Å². The second-order valence-electron chi connectivity index (χ2n) is 9.34. The van der Waals surface area contributed by atoms with E-state index in [1.54, 1.807) is 31.4 Å². The van der Waals surface area contributed by atoms with Gasteiger partial charge in [0, 0.05) is 23.6 Å². The van der Waals surface area contributed by atoms with Gasteiger partial charge in [0.25, 0.3) is 5.91 Å². The van der Waals surface area contributed by atoms with Gasteiger partial charge < -0.3 is 15.0 Å². The van der Waals surface area contributed by atoms with Crippen LogP contribution in [0.1, 0.15) is 34.1 Å². The van der Waals surface area contributed by atoms with Crippen molar-refractivity contribution >= 4 is 29.3 Å². The Bertz CT molecular complexity index is 1460. The monoisotopic (exact) mass is 558 g/mol. The van der Waals surface area contributed by atoms with E-state index in [4.69, 9.17) is 4.74 Å². The number of rotatable bonds is 10. The van der Waals surface area contributed by atoms with Crippen molar-refractivity contribution in [2.75, 3.05) is 18.2 Å². The van der Waals surface area contributed by atoms with Gasteiger partial charge in [-0.05, 0) is 79.9 Å². The van der Waals surface area contributed by atoms with Gasteiger partial charge in [-0.3, -0.25) is 9.59 Å². The molecule has 0 aliphatic carbocycles. The molecule has 7 nitrogen and oxygen atoms in total. The zero-order chi connectivity index (χ0) is 28.6. The number of anilines is 1. The predicted molar refractivity (Wildman–Crippen MR) is 155 cm³/mol. The summed E-state index contributed by atoms with van der Waals surface area (Å²) in [6, 6.07) is 21.1. The second kappa shape index (κ2) is 13.2. The van der Waals surface area contributed by atoms with Gasteiger partial charge in [0.15, 0.2) is 5.16 Å². The number of hydrogen-bond acceptors (Lipinski definition) is 6. The molecule has 0 saturated carbocycles. The lowest BCUT2D eigenvalue weighted by Gasteiger charge is -2.32. The van der Waals surface area contributed by atoms with E-state index in [0.29, 0.717) is 22.2 Å². The minimum Gasteiger partial charge on any atom is -0.497 e. The van der Waals surface area contributed by atoms with Crippen molar-refractivity contribution in [1.29, 1.82) is 0 Å². The van der Waals surface area contributed by atoms with Crippen LogP contribution in [0.2, 0.25) is 0 Å². The predicted octanol–water partition coefficient (Wildman–Crippen LogP) is 6.05.